The minimum atomic E-state index is -3.60. The Balaban J connectivity index is 2.30. The first-order chi connectivity index (χ1) is 11.5. The third-order valence-electron chi connectivity index (χ3n) is 3.57. The van der Waals surface area contributed by atoms with E-state index in [1.807, 2.05) is 30.7 Å². The van der Waals surface area contributed by atoms with E-state index in [1.165, 1.54) is 4.31 Å². The summed E-state index contributed by atoms with van der Waals surface area (Å²) in [5.41, 5.74) is 1.78. The van der Waals surface area contributed by atoms with Gasteiger partial charge in [-0.15, -0.1) is 0 Å². The van der Waals surface area contributed by atoms with Crippen LogP contribution in [0.4, 0.5) is 0 Å². The van der Waals surface area contributed by atoms with E-state index in [-0.39, 0.29) is 4.90 Å². The van der Waals surface area contributed by atoms with Crippen LogP contribution in [0.1, 0.15) is 18.1 Å². The zero-order valence-electron chi connectivity index (χ0n) is 14.2. The first kappa shape index (κ1) is 18.9. The summed E-state index contributed by atoms with van der Waals surface area (Å²) in [7, 11) is -2.04. The van der Waals surface area contributed by atoms with Crippen molar-refractivity contribution in [1.82, 2.24) is 4.31 Å². The number of rotatable bonds is 9. The summed E-state index contributed by atoms with van der Waals surface area (Å²) in [6.45, 7) is 5.28. The highest BCUT2D eigenvalue weighted by Crippen LogP contribution is 2.25. The maximum atomic E-state index is 13.0. The van der Waals surface area contributed by atoms with Gasteiger partial charge in [0, 0.05) is 20.2 Å². The molecule has 0 aliphatic heterocycles. The van der Waals surface area contributed by atoms with Crippen molar-refractivity contribution in [2.24, 2.45) is 0 Å². The number of aryl methyl sites for hydroxylation is 1. The summed E-state index contributed by atoms with van der Waals surface area (Å²) < 4.78 is 38.1. The van der Waals surface area contributed by atoms with Crippen LogP contribution >= 0.6 is 11.3 Å². The molecule has 0 spiro atoms. The van der Waals surface area contributed by atoms with Crippen LogP contribution in [0.5, 0.6) is 5.75 Å². The predicted octanol–water partition coefficient (Wildman–Crippen LogP) is 3.29. The first-order valence-electron chi connectivity index (χ1n) is 7.72. The second kappa shape index (κ2) is 8.62. The van der Waals surface area contributed by atoms with Crippen molar-refractivity contribution in [3.63, 3.8) is 0 Å². The van der Waals surface area contributed by atoms with Gasteiger partial charge < -0.3 is 9.47 Å². The number of nitrogens with zero attached hydrogens (tertiary/aromatic N) is 1. The van der Waals surface area contributed by atoms with Gasteiger partial charge in [-0.3, -0.25) is 0 Å². The van der Waals surface area contributed by atoms with Gasteiger partial charge in [0.05, 0.1) is 18.1 Å². The molecule has 1 heterocycles. The van der Waals surface area contributed by atoms with Crippen molar-refractivity contribution in [2.75, 3.05) is 26.9 Å². The Labute approximate surface area is 147 Å². The van der Waals surface area contributed by atoms with E-state index in [0.29, 0.717) is 32.1 Å². The Morgan fingerprint density at radius 1 is 1.25 bits per heavy atom. The number of ether oxygens (including phenoxy) is 2. The van der Waals surface area contributed by atoms with Crippen LogP contribution in [0.15, 0.2) is 39.9 Å². The van der Waals surface area contributed by atoms with Crippen molar-refractivity contribution in [2.45, 2.75) is 25.3 Å². The number of hydrogen-bond acceptors (Lipinski definition) is 5. The molecule has 0 saturated carbocycles. The molecule has 0 saturated heterocycles. The van der Waals surface area contributed by atoms with E-state index in [1.54, 1.807) is 36.6 Å². The fourth-order valence-electron chi connectivity index (χ4n) is 2.31. The van der Waals surface area contributed by atoms with Gasteiger partial charge in [0.25, 0.3) is 0 Å². The molecule has 0 aliphatic rings. The quantitative estimate of drug-likeness (QED) is 0.681. The monoisotopic (exact) mass is 369 g/mol. The normalized spacial score (nSPS) is 11.8. The van der Waals surface area contributed by atoms with Crippen LogP contribution in [0.3, 0.4) is 0 Å². The third-order valence-corrected chi connectivity index (χ3v) is 6.14. The predicted molar refractivity (Wildman–Crippen MR) is 96.1 cm³/mol. The highest BCUT2D eigenvalue weighted by atomic mass is 32.2. The molecule has 0 amide bonds. The molecule has 0 N–H and O–H groups in total. The molecule has 1 aromatic heterocycles. The van der Waals surface area contributed by atoms with Gasteiger partial charge >= 0.3 is 0 Å². The summed E-state index contributed by atoms with van der Waals surface area (Å²) in [5.74, 6) is 0.706. The summed E-state index contributed by atoms with van der Waals surface area (Å²) in [6, 6.07) is 6.91. The molecule has 5 nitrogen and oxygen atoms in total. The fourth-order valence-corrected chi connectivity index (χ4v) is 4.47. The van der Waals surface area contributed by atoms with Gasteiger partial charge in [-0.05, 0) is 60.0 Å². The molecule has 0 aliphatic carbocycles. The topological polar surface area (TPSA) is 55.8 Å². The Morgan fingerprint density at radius 3 is 2.62 bits per heavy atom. The minimum absolute atomic E-state index is 0.273. The first-order valence-corrected chi connectivity index (χ1v) is 10.1. The summed E-state index contributed by atoms with van der Waals surface area (Å²) >= 11 is 1.55. The van der Waals surface area contributed by atoms with Crippen molar-refractivity contribution in [3.8, 4) is 5.75 Å². The average molecular weight is 370 g/mol. The molecule has 1 aromatic carbocycles. The van der Waals surface area contributed by atoms with Gasteiger partial charge in [0.2, 0.25) is 10.0 Å². The SMILES string of the molecule is CCOc1ccc(S(=O)(=O)N(CCOC)Cc2ccsc2)cc1C. The van der Waals surface area contributed by atoms with E-state index >= 15 is 0 Å². The lowest BCUT2D eigenvalue weighted by Crippen LogP contribution is -2.33. The Morgan fingerprint density at radius 2 is 2.04 bits per heavy atom. The number of benzene rings is 1. The highest BCUT2D eigenvalue weighted by molar-refractivity contribution is 7.89. The highest BCUT2D eigenvalue weighted by Gasteiger charge is 2.25. The number of thiophene rings is 1. The number of methoxy groups -OCH3 is 1. The number of sulfonamides is 1. The molecule has 24 heavy (non-hydrogen) atoms. The van der Waals surface area contributed by atoms with Crippen LogP contribution < -0.4 is 4.74 Å². The van der Waals surface area contributed by atoms with Crippen LogP contribution in [0.25, 0.3) is 0 Å². The Bertz CT molecular complexity index is 742. The summed E-state index contributed by atoms with van der Waals surface area (Å²) in [6.07, 6.45) is 0. The maximum absolute atomic E-state index is 13.0. The van der Waals surface area contributed by atoms with Crippen LogP contribution in [0.2, 0.25) is 0 Å². The lowest BCUT2D eigenvalue weighted by Gasteiger charge is -2.22. The van der Waals surface area contributed by atoms with Crippen LogP contribution in [-0.2, 0) is 21.3 Å². The summed E-state index contributed by atoms with van der Waals surface area (Å²) in [5, 5.41) is 3.90. The Kier molecular flexibility index (Phi) is 6.79. The van der Waals surface area contributed by atoms with Crippen molar-refractivity contribution in [3.05, 3.63) is 46.2 Å². The van der Waals surface area contributed by atoms with Gasteiger partial charge in [0.15, 0.2) is 0 Å². The molecule has 2 aromatic rings. The van der Waals surface area contributed by atoms with Gasteiger partial charge in [-0.25, -0.2) is 8.42 Å². The molecule has 7 heteroatoms. The molecule has 0 fully saturated rings. The maximum Gasteiger partial charge on any atom is 0.243 e. The second-order valence-electron chi connectivity index (χ2n) is 5.32. The van der Waals surface area contributed by atoms with Crippen molar-refractivity contribution >= 4 is 21.4 Å². The third kappa shape index (κ3) is 4.57. The zero-order chi connectivity index (χ0) is 17.6. The molecule has 0 radical (unpaired) electrons. The lowest BCUT2D eigenvalue weighted by atomic mass is 10.2. The fraction of sp³-hybridized carbons (Fsp3) is 0.412. The molecule has 132 valence electrons. The lowest BCUT2D eigenvalue weighted by molar-refractivity contribution is 0.177. The van der Waals surface area contributed by atoms with Crippen molar-refractivity contribution < 1.29 is 17.9 Å². The second-order valence-corrected chi connectivity index (χ2v) is 8.04. The van der Waals surface area contributed by atoms with Gasteiger partial charge in [0.1, 0.15) is 5.75 Å². The molecular weight excluding hydrogens is 346 g/mol. The standard InChI is InChI=1S/C17H23NO4S2/c1-4-22-17-6-5-16(11-14(17)2)24(19,20)18(8-9-21-3)12-15-7-10-23-13-15/h5-7,10-11,13H,4,8-9,12H2,1-3H3. The smallest absolute Gasteiger partial charge is 0.243 e. The van der Waals surface area contributed by atoms with E-state index in [2.05, 4.69) is 0 Å². The average Bonchev–Trinajstić information content (AvgIpc) is 3.06. The van der Waals surface area contributed by atoms with E-state index < -0.39 is 10.0 Å². The molecule has 0 bridgehead atoms. The zero-order valence-corrected chi connectivity index (χ0v) is 15.8. The van der Waals surface area contributed by atoms with E-state index in [0.717, 1.165) is 11.1 Å². The van der Waals surface area contributed by atoms with Crippen LogP contribution in [-0.4, -0.2) is 39.6 Å². The van der Waals surface area contributed by atoms with Crippen molar-refractivity contribution in [1.29, 1.82) is 0 Å². The van der Waals surface area contributed by atoms with E-state index in [4.69, 9.17) is 9.47 Å². The summed E-state index contributed by atoms with van der Waals surface area (Å²) in [4.78, 5) is 0.273. The van der Waals surface area contributed by atoms with E-state index in [9.17, 15) is 8.42 Å². The Hall–Kier alpha value is -1.41. The van der Waals surface area contributed by atoms with Crippen LogP contribution in [0, 0.1) is 6.92 Å². The van der Waals surface area contributed by atoms with Gasteiger partial charge in [-0.2, -0.15) is 15.6 Å². The molecular formula is C17H23NO4S2. The largest absolute Gasteiger partial charge is 0.494 e. The molecule has 2 rings (SSSR count). The minimum Gasteiger partial charge on any atom is -0.494 e. The number of hydrogen-bond donors (Lipinski definition) is 0. The molecule has 0 atom stereocenters. The van der Waals surface area contributed by atoms with Gasteiger partial charge in [-0.1, -0.05) is 0 Å². The molecule has 0 unspecified atom stereocenters.